The maximum absolute atomic E-state index is 12.4. The number of aliphatic hydroxyl groups excluding tert-OH is 1. The van der Waals surface area contributed by atoms with Crippen molar-refractivity contribution in [2.24, 2.45) is 5.92 Å². The Morgan fingerprint density at radius 2 is 1.76 bits per heavy atom. The first kappa shape index (κ1) is 18.1. The Labute approximate surface area is 157 Å². The van der Waals surface area contributed by atoms with Crippen LogP contribution in [0, 0.1) is 5.92 Å². The molecule has 0 bridgehead atoms. The van der Waals surface area contributed by atoms with Gasteiger partial charge in [-0.25, -0.2) is 4.79 Å². The lowest BCUT2D eigenvalue weighted by molar-refractivity contribution is 0.0683. The van der Waals surface area contributed by atoms with Crippen LogP contribution in [0.4, 0.5) is 10.5 Å². The molecule has 2 aromatic carbocycles. The van der Waals surface area contributed by atoms with E-state index in [1.165, 1.54) is 0 Å². The van der Waals surface area contributed by atoms with Crippen LogP contribution in [0.5, 0.6) is 0 Å². The van der Waals surface area contributed by atoms with Gasteiger partial charge in [-0.1, -0.05) is 53.5 Å². The van der Waals surface area contributed by atoms with Crippen LogP contribution in [0.1, 0.15) is 24.5 Å². The summed E-state index contributed by atoms with van der Waals surface area (Å²) in [5.41, 5.74) is 1.55. The van der Waals surface area contributed by atoms with Crippen LogP contribution < -0.4 is 5.32 Å². The predicted octanol–water partition coefficient (Wildman–Crippen LogP) is 4.97. The lowest BCUT2D eigenvalue weighted by Crippen LogP contribution is -2.42. The summed E-state index contributed by atoms with van der Waals surface area (Å²) < 4.78 is 0. The van der Waals surface area contributed by atoms with Crippen molar-refractivity contribution in [2.45, 2.75) is 18.9 Å². The number of likely N-dealkylation sites (tertiary alicyclic amines) is 1. The Balaban J connectivity index is 1.54. The van der Waals surface area contributed by atoms with Gasteiger partial charge >= 0.3 is 6.03 Å². The van der Waals surface area contributed by atoms with Crippen molar-refractivity contribution in [2.75, 3.05) is 18.4 Å². The molecule has 1 heterocycles. The van der Waals surface area contributed by atoms with E-state index in [1.54, 1.807) is 23.1 Å². The van der Waals surface area contributed by atoms with Crippen molar-refractivity contribution in [3.8, 4) is 0 Å². The molecule has 0 spiro atoms. The van der Waals surface area contributed by atoms with E-state index in [4.69, 9.17) is 23.2 Å². The largest absolute Gasteiger partial charge is 0.388 e. The molecule has 25 heavy (non-hydrogen) atoms. The topological polar surface area (TPSA) is 52.6 Å². The van der Waals surface area contributed by atoms with Gasteiger partial charge in [-0.15, -0.1) is 0 Å². The molecule has 1 fully saturated rings. The minimum absolute atomic E-state index is 0.161. The van der Waals surface area contributed by atoms with Crippen LogP contribution in [0.2, 0.25) is 10.0 Å². The average molecular weight is 379 g/mol. The third-order valence-electron chi connectivity index (χ3n) is 4.59. The molecule has 0 unspecified atom stereocenters. The first-order chi connectivity index (χ1) is 12.0. The number of hydrogen-bond acceptors (Lipinski definition) is 2. The number of amides is 2. The normalized spacial score (nSPS) is 16.5. The van der Waals surface area contributed by atoms with Crippen molar-refractivity contribution in [1.82, 2.24) is 4.90 Å². The Morgan fingerprint density at radius 1 is 1.08 bits per heavy atom. The molecule has 1 saturated heterocycles. The summed E-state index contributed by atoms with van der Waals surface area (Å²) in [7, 11) is 0. The number of aliphatic hydroxyl groups is 1. The molecule has 0 saturated carbocycles. The van der Waals surface area contributed by atoms with Gasteiger partial charge in [-0.2, -0.15) is 0 Å². The second kappa shape index (κ2) is 8.09. The standard InChI is InChI=1S/C19H20Cl2N2O2/c20-16-7-6-15(12-17(16)21)22-19(25)23-10-8-14(9-11-23)18(24)13-4-2-1-3-5-13/h1-7,12,14,18,24H,8-11H2,(H,22,25)/t18-/m1/s1. The van der Waals surface area contributed by atoms with Crippen LogP contribution in [0.3, 0.4) is 0 Å². The number of carbonyl (C=O) groups is 1. The fraction of sp³-hybridized carbons (Fsp3) is 0.316. The van der Waals surface area contributed by atoms with E-state index in [-0.39, 0.29) is 11.9 Å². The second-order valence-corrected chi connectivity index (χ2v) is 7.05. The summed E-state index contributed by atoms with van der Waals surface area (Å²) in [5, 5.41) is 14.2. The van der Waals surface area contributed by atoms with Crippen LogP contribution in [0.15, 0.2) is 48.5 Å². The molecule has 4 nitrogen and oxygen atoms in total. The molecule has 1 atom stereocenters. The number of halogens is 2. The number of nitrogens with zero attached hydrogens (tertiary/aromatic N) is 1. The molecular formula is C19H20Cl2N2O2. The van der Waals surface area contributed by atoms with E-state index in [9.17, 15) is 9.90 Å². The molecule has 2 N–H and O–H groups in total. The number of hydrogen-bond donors (Lipinski definition) is 2. The fourth-order valence-electron chi connectivity index (χ4n) is 3.12. The van der Waals surface area contributed by atoms with Gasteiger partial charge in [-0.3, -0.25) is 0 Å². The van der Waals surface area contributed by atoms with Gasteiger partial charge in [-0.05, 0) is 42.5 Å². The van der Waals surface area contributed by atoms with Crippen LogP contribution in [0.25, 0.3) is 0 Å². The number of anilines is 1. The highest BCUT2D eigenvalue weighted by Crippen LogP contribution is 2.31. The number of rotatable bonds is 3. The third kappa shape index (κ3) is 4.46. The fourth-order valence-corrected chi connectivity index (χ4v) is 3.42. The number of piperidine rings is 1. The van der Waals surface area contributed by atoms with Crippen molar-refractivity contribution in [1.29, 1.82) is 0 Å². The summed E-state index contributed by atoms with van der Waals surface area (Å²) in [6.07, 6.45) is 1.05. The van der Waals surface area contributed by atoms with Crippen molar-refractivity contribution >= 4 is 34.9 Å². The Morgan fingerprint density at radius 3 is 2.40 bits per heavy atom. The number of urea groups is 1. The molecule has 1 aliphatic heterocycles. The van der Waals surface area contributed by atoms with E-state index >= 15 is 0 Å². The van der Waals surface area contributed by atoms with Gasteiger partial charge in [0.05, 0.1) is 16.1 Å². The first-order valence-electron chi connectivity index (χ1n) is 8.28. The second-order valence-electron chi connectivity index (χ2n) is 6.24. The van der Waals surface area contributed by atoms with E-state index in [2.05, 4.69) is 5.32 Å². The monoisotopic (exact) mass is 378 g/mol. The highest BCUT2D eigenvalue weighted by Gasteiger charge is 2.28. The van der Waals surface area contributed by atoms with Crippen molar-refractivity contribution < 1.29 is 9.90 Å². The van der Waals surface area contributed by atoms with Gasteiger partial charge in [0, 0.05) is 18.8 Å². The van der Waals surface area contributed by atoms with E-state index in [1.807, 2.05) is 30.3 Å². The van der Waals surface area contributed by atoms with Crippen molar-refractivity contribution in [3.63, 3.8) is 0 Å². The van der Waals surface area contributed by atoms with Gasteiger partial charge in [0.15, 0.2) is 0 Å². The summed E-state index contributed by atoms with van der Waals surface area (Å²) >= 11 is 11.9. The maximum Gasteiger partial charge on any atom is 0.321 e. The lowest BCUT2D eigenvalue weighted by Gasteiger charge is -2.34. The highest BCUT2D eigenvalue weighted by atomic mass is 35.5. The summed E-state index contributed by atoms with van der Waals surface area (Å²) in [4.78, 5) is 14.1. The number of nitrogens with one attached hydrogen (secondary N) is 1. The molecule has 1 aliphatic rings. The molecule has 0 aromatic heterocycles. The molecule has 2 amide bonds. The predicted molar refractivity (Wildman–Crippen MR) is 101 cm³/mol. The highest BCUT2D eigenvalue weighted by molar-refractivity contribution is 6.42. The molecule has 0 aliphatic carbocycles. The van der Waals surface area contributed by atoms with Crippen molar-refractivity contribution in [3.05, 3.63) is 64.1 Å². The minimum Gasteiger partial charge on any atom is -0.388 e. The zero-order valence-electron chi connectivity index (χ0n) is 13.7. The SMILES string of the molecule is O=C(Nc1ccc(Cl)c(Cl)c1)N1CCC([C@H](O)c2ccccc2)CC1. The third-order valence-corrected chi connectivity index (χ3v) is 5.32. The molecule has 132 valence electrons. The van der Waals surface area contributed by atoms with Crippen LogP contribution in [-0.2, 0) is 0 Å². The van der Waals surface area contributed by atoms with E-state index in [0.717, 1.165) is 18.4 Å². The van der Waals surface area contributed by atoms with Gasteiger partial charge < -0.3 is 15.3 Å². The summed E-state index contributed by atoms with van der Waals surface area (Å²) in [6.45, 7) is 1.23. The van der Waals surface area contributed by atoms with E-state index < -0.39 is 6.10 Å². The number of benzene rings is 2. The Kier molecular flexibility index (Phi) is 5.84. The quantitative estimate of drug-likeness (QED) is 0.791. The van der Waals surface area contributed by atoms with Crippen LogP contribution >= 0.6 is 23.2 Å². The van der Waals surface area contributed by atoms with Gasteiger partial charge in [0.1, 0.15) is 0 Å². The van der Waals surface area contributed by atoms with Gasteiger partial charge in [0.25, 0.3) is 0 Å². The first-order valence-corrected chi connectivity index (χ1v) is 9.04. The number of carbonyl (C=O) groups excluding carboxylic acids is 1. The average Bonchev–Trinajstić information content (AvgIpc) is 2.65. The summed E-state index contributed by atoms with van der Waals surface area (Å²) in [5.74, 6) is 0.163. The van der Waals surface area contributed by atoms with E-state index in [0.29, 0.717) is 28.8 Å². The smallest absolute Gasteiger partial charge is 0.321 e. The van der Waals surface area contributed by atoms with Crippen LogP contribution in [-0.4, -0.2) is 29.1 Å². The molecule has 6 heteroatoms. The molecule has 3 rings (SSSR count). The summed E-state index contributed by atoms with van der Waals surface area (Å²) in [6, 6.07) is 14.5. The zero-order valence-corrected chi connectivity index (χ0v) is 15.2. The van der Waals surface area contributed by atoms with Gasteiger partial charge in [0.2, 0.25) is 0 Å². The molecule has 2 aromatic rings. The lowest BCUT2D eigenvalue weighted by atomic mass is 9.87. The Hall–Kier alpha value is -1.75. The molecular weight excluding hydrogens is 359 g/mol. The maximum atomic E-state index is 12.4. The minimum atomic E-state index is -0.485. The molecule has 0 radical (unpaired) electrons. The Bertz CT molecular complexity index is 731. The zero-order chi connectivity index (χ0) is 17.8.